The topological polar surface area (TPSA) is 30.9 Å². The van der Waals surface area contributed by atoms with Gasteiger partial charge in [0.2, 0.25) is 0 Å². The second kappa shape index (κ2) is 3.32. The first-order valence-electron chi connectivity index (χ1n) is 5.37. The van der Waals surface area contributed by atoms with Gasteiger partial charge in [0.1, 0.15) is 5.82 Å². The van der Waals surface area contributed by atoms with Gasteiger partial charge in [0.05, 0.1) is 11.1 Å². The molecule has 0 spiro atoms. The minimum Gasteiger partial charge on any atom is -0.343 e. The number of para-hydroxylation sites is 1. The van der Waals surface area contributed by atoms with Crippen LogP contribution >= 0.6 is 0 Å². The number of fused-ring (bicyclic) bond motifs is 1. The van der Waals surface area contributed by atoms with Crippen LogP contribution in [0.4, 0.5) is 4.39 Å². The quantitative estimate of drug-likeness (QED) is 0.787. The summed E-state index contributed by atoms with van der Waals surface area (Å²) < 4.78 is 15.6. The molecule has 0 aliphatic carbocycles. The van der Waals surface area contributed by atoms with Gasteiger partial charge in [-0.15, -0.1) is 0 Å². The fourth-order valence-corrected chi connectivity index (χ4v) is 2.57. The number of benzene rings is 1. The van der Waals surface area contributed by atoms with Gasteiger partial charge >= 0.3 is 0 Å². The standard InChI is InChI=1S/C13H17FN2/c1-8-9-6-5-7-10(14)11(9)16(4)12(8)13(2,3)15/h5-7H,15H2,1-4H3. The van der Waals surface area contributed by atoms with Gasteiger partial charge in [0.15, 0.2) is 0 Å². The van der Waals surface area contributed by atoms with Gasteiger partial charge in [-0.2, -0.15) is 0 Å². The van der Waals surface area contributed by atoms with E-state index in [4.69, 9.17) is 5.73 Å². The van der Waals surface area contributed by atoms with Crippen LogP contribution in [-0.4, -0.2) is 4.57 Å². The highest BCUT2D eigenvalue weighted by atomic mass is 19.1. The number of aromatic nitrogens is 1. The number of aryl methyl sites for hydroxylation is 2. The van der Waals surface area contributed by atoms with Crippen molar-refractivity contribution in [1.29, 1.82) is 0 Å². The van der Waals surface area contributed by atoms with E-state index in [9.17, 15) is 4.39 Å². The maximum Gasteiger partial charge on any atom is 0.147 e. The van der Waals surface area contributed by atoms with Crippen LogP contribution in [0, 0.1) is 12.7 Å². The molecule has 0 saturated heterocycles. The lowest BCUT2D eigenvalue weighted by Gasteiger charge is -2.21. The van der Waals surface area contributed by atoms with Crippen molar-refractivity contribution in [3.63, 3.8) is 0 Å². The first-order chi connectivity index (χ1) is 7.34. The number of rotatable bonds is 1. The molecule has 0 atom stereocenters. The maximum absolute atomic E-state index is 13.8. The Kier molecular flexibility index (Phi) is 2.31. The molecule has 2 nitrogen and oxygen atoms in total. The second-order valence-electron chi connectivity index (χ2n) is 4.89. The fraction of sp³-hybridized carbons (Fsp3) is 0.385. The molecule has 2 N–H and O–H groups in total. The summed E-state index contributed by atoms with van der Waals surface area (Å²) in [5, 5.41) is 0.941. The summed E-state index contributed by atoms with van der Waals surface area (Å²) in [6, 6.07) is 5.15. The van der Waals surface area contributed by atoms with Crippen molar-refractivity contribution in [3.05, 3.63) is 35.3 Å². The Hall–Kier alpha value is -1.35. The van der Waals surface area contributed by atoms with Gasteiger partial charge in [0, 0.05) is 18.1 Å². The Balaban J connectivity index is 2.94. The van der Waals surface area contributed by atoms with Gasteiger partial charge in [-0.3, -0.25) is 0 Å². The van der Waals surface area contributed by atoms with Crippen LogP contribution in [-0.2, 0) is 12.6 Å². The summed E-state index contributed by atoms with van der Waals surface area (Å²) in [6.45, 7) is 5.87. The van der Waals surface area contributed by atoms with Crippen LogP contribution in [0.15, 0.2) is 18.2 Å². The molecule has 2 aromatic rings. The zero-order chi connectivity index (χ0) is 12.1. The van der Waals surface area contributed by atoms with Gasteiger partial charge in [-0.1, -0.05) is 12.1 Å². The molecule has 0 radical (unpaired) electrons. The molecule has 0 aliphatic rings. The third-order valence-corrected chi connectivity index (χ3v) is 3.03. The highest BCUT2D eigenvalue weighted by molar-refractivity contribution is 5.86. The molecule has 0 aliphatic heterocycles. The zero-order valence-electron chi connectivity index (χ0n) is 10.1. The largest absolute Gasteiger partial charge is 0.343 e. The molecule has 2 rings (SSSR count). The Labute approximate surface area is 94.9 Å². The number of hydrogen-bond donors (Lipinski definition) is 1. The smallest absolute Gasteiger partial charge is 0.147 e. The van der Waals surface area contributed by atoms with E-state index < -0.39 is 5.54 Å². The predicted molar refractivity (Wildman–Crippen MR) is 64.8 cm³/mol. The van der Waals surface area contributed by atoms with Crippen LogP contribution in [0.25, 0.3) is 10.9 Å². The van der Waals surface area contributed by atoms with Gasteiger partial charge in [0.25, 0.3) is 0 Å². The molecule has 3 heteroatoms. The highest BCUT2D eigenvalue weighted by Crippen LogP contribution is 2.31. The highest BCUT2D eigenvalue weighted by Gasteiger charge is 2.24. The minimum absolute atomic E-state index is 0.196. The second-order valence-corrected chi connectivity index (χ2v) is 4.89. The SMILES string of the molecule is Cc1c(C(C)(C)N)n(C)c2c(F)cccc12. The van der Waals surface area contributed by atoms with E-state index in [2.05, 4.69) is 0 Å². The van der Waals surface area contributed by atoms with Crippen molar-refractivity contribution in [3.8, 4) is 0 Å². The monoisotopic (exact) mass is 220 g/mol. The fourth-order valence-electron chi connectivity index (χ4n) is 2.57. The molecule has 1 heterocycles. The van der Waals surface area contributed by atoms with E-state index in [1.807, 2.05) is 38.5 Å². The molecule has 1 aromatic heterocycles. The molecule has 0 amide bonds. The summed E-state index contributed by atoms with van der Waals surface area (Å²) in [6.07, 6.45) is 0. The molecule has 16 heavy (non-hydrogen) atoms. The van der Waals surface area contributed by atoms with Crippen molar-refractivity contribution in [2.75, 3.05) is 0 Å². The van der Waals surface area contributed by atoms with E-state index >= 15 is 0 Å². The summed E-state index contributed by atoms with van der Waals surface area (Å²) in [7, 11) is 1.86. The lowest BCUT2D eigenvalue weighted by molar-refractivity contribution is 0.511. The summed E-state index contributed by atoms with van der Waals surface area (Å²) in [5.74, 6) is -0.196. The number of nitrogens with zero attached hydrogens (tertiary/aromatic N) is 1. The summed E-state index contributed by atoms with van der Waals surface area (Å²) in [5.41, 5.74) is 8.33. The third-order valence-electron chi connectivity index (χ3n) is 3.03. The van der Waals surface area contributed by atoms with E-state index in [1.54, 1.807) is 6.07 Å². The van der Waals surface area contributed by atoms with Crippen LogP contribution < -0.4 is 5.73 Å². The van der Waals surface area contributed by atoms with Crippen LogP contribution in [0.2, 0.25) is 0 Å². The molecular formula is C13H17FN2. The lowest BCUT2D eigenvalue weighted by atomic mass is 9.98. The van der Waals surface area contributed by atoms with Crippen LogP contribution in [0.3, 0.4) is 0 Å². The lowest BCUT2D eigenvalue weighted by Crippen LogP contribution is -2.31. The van der Waals surface area contributed by atoms with Crippen molar-refractivity contribution < 1.29 is 4.39 Å². The molecule has 0 saturated carbocycles. The average molecular weight is 220 g/mol. The Morgan fingerprint density at radius 1 is 1.31 bits per heavy atom. The van der Waals surface area contributed by atoms with Crippen molar-refractivity contribution in [2.45, 2.75) is 26.3 Å². The molecular weight excluding hydrogens is 203 g/mol. The molecule has 1 aromatic carbocycles. The maximum atomic E-state index is 13.8. The van der Waals surface area contributed by atoms with Crippen LogP contribution in [0.5, 0.6) is 0 Å². The first kappa shape index (κ1) is 11.1. The average Bonchev–Trinajstić information content (AvgIpc) is 2.39. The van der Waals surface area contributed by atoms with E-state index in [1.165, 1.54) is 6.07 Å². The van der Waals surface area contributed by atoms with E-state index in [0.29, 0.717) is 5.52 Å². The van der Waals surface area contributed by atoms with Gasteiger partial charge < -0.3 is 10.3 Å². The number of hydrogen-bond acceptors (Lipinski definition) is 1. The van der Waals surface area contributed by atoms with E-state index in [-0.39, 0.29) is 5.82 Å². The normalized spacial score (nSPS) is 12.4. The van der Waals surface area contributed by atoms with Crippen LogP contribution in [0.1, 0.15) is 25.1 Å². The molecule has 0 fully saturated rings. The van der Waals surface area contributed by atoms with Crippen molar-refractivity contribution in [1.82, 2.24) is 4.57 Å². The van der Waals surface area contributed by atoms with Gasteiger partial charge in [-0.05, 0) is 32.4 Å². The predicted octanol–water partition coefficient (Wildman–Crippen LogP) is 2.82. The van der Waals surface area contributed by atoms with Gasteiger partial charge in [-0.25, -0.2) is 4.39 Å². The summed E-state index contributed by atoms with van der Waals surface area (Å²) in [4.78, 5) is 0. The Bertz CT molecular complexity index is 547. The first-order valence-corrected chi connectivity index (χ1v) is 5.37. The van der Waals surface area contributed by atoms with Crippen molar-refractivity contribution in [2.24, 2.45) is 12.8 Å². The van der Waals surface area contributed by atoms with E-state index in [0.717, 1.165) is 16.6 Å². The summed E-state index contributed by atoms with van der Waals surface area (Å²) >= 11 is 0. The molecule has 0 unspecified atom stereocenters. The van der Waals surface area contributed by atoms with Crippen molar-refractivity contribution >= 4 is 10.9 Å². The number of halogens is 1. The molecule has 86 valence electrons. The molecule has 0 bridgehead atoms. The minimum atomic E-state index is -0.468. The third kappa shape index (κ3) is 1.43. The zero-order valence-corrected chi connectivity index (χ0v) is 10.1. The number of nitrogens with two attached hydrogens (primary N) is 1. The Morgan fingerprint density at radius 3 is 2.44 bits per heavy atom. The Morgan fingerprint density at radius 2 is 1.94 bits per heavy atom.